The predicted molar refractivity (Wildman–Crippen MR) is 225 cm³/mol. The summed E-state index contributed by atoms with van der Waals surface area (Å²) < 4.78 is 4.83. The molecule has 0 fully saturated rings. The summed E-state index contributed by atoms with van der Waals surface area (Å²) in [6.07, 6.45) is 0. The van der Waals surface area contributed by atoms with Crippen molar-refractivity contribution < 1.29 is 0 Å². The molecule has 0 unspecified atom stereocenters. The largest absolute Gasteiger partial charge is 0.309 e. The van der Waals surface area contributed by atoms with Gasteiger partial charge in [0.2, 0.25) is 0 Å². The molecule has 54 heavy (non-hydrogen) atoms. The van der Waals surface area contributed by atoms with Crippen molar-refractivity contribution in [2.45, 2.75) is 0 Å². The number of fused-ring (bicyclic) bond motifs is 8. The molecule has 11 aromatic rings. The Morgan fingerprint density at radius 1 is 0.315 bits per heavy atom. The molecular weight excluding hydrogens is 657 g/mol. The molecule has 0 spiro atoms. The lowest BCUT2D eigenvalue weighted by Crippen LogP contribution is -1.97. The Bertz CT molecular complexity index is 3190. The molecule has 0 bridgehead atoms. The predicted octanol–water partition coefficient (Wildman–Crippen LogP) is 12.8. The highest BCUT2D eigenvalue weighted by molar-refractivity contribution is 6.28. The molecule has 8 aromatic carbocycles. The zero-order valence-electron chi connectivity index (χ0n) is 29.3. The number of hydrogen-bond acceptors (Lipinski definition) is 2. The molecule has 0 aliphatic rings. The smallest absolute Gasteiger partial charge is 0.160 e. The summed E-state index contributed by atoms with van der Waals surface area (Å²) in [5.74, 6) is 0.728. The van der Waals surface area contributed by atoms with Crippen LogP contribution >= 0.6 is 0 Å². The first-order valence-electron chi connectivity index (χ1n) is 18.3. The van der Waals surface area contributed by atoms with Crippen molar-refractivity contribution in [3.05, 3.63) is 194 Å². The van der Waals surface area contributed by atoms with Crippen LogP contribution in [0.4, 0.5) is 0 Å². The molecule has 4 nitrogen and oxygen atoms in total. The summed E-state index contributed by atoms with van der Waals surface area (Å²) in [6, 6.07) is 69.0. The van der Waals surface area contributed by atoms with Gasteiger partial charge in [0.05, 0.1) is 33.3 Å². The molecule has 0 saturated carbocycles. The fourth-order valence-corrected chi connectivity index (χ4v) is 8.31. The average Bonchev–Trinajstić information content (AvgIpc) is 3.77. The first-order valence-corrected chi connectivity index (χ1v) is 18.3. The first kappa shape index (κ1) is 30.3. The van der Waals surface area contributed by atoms with E-state index in [1.807, 2.05) is 24.3 Å². The van der Waals surface area contributed by atoms with E-state index >= 15 is 0 Å². The zero-order chi connectivity index (χ0) is 35.6. The summed E-state index contributed by atoms with van der Waals surface area (Å²) in [5.41, 5.74) is 13.3. The minimum Gasteiger partial charge on any atom is -0.309 e. The molecular formula is C50H32N4. The van der Waals surface area contributed by atoms with Crippen LogP contribution in [0, 0.1) is 0 Å². The maximum atomic E-state index is 5.13. The van der Waals surface area contributed by atoms with Crippen LogP contribution in [0.1, 0.15) is 0 Å². The Hall–Kier alpha value is -7.30. The van der Waals surface area contributed by atoms with Gasteiger partial charge in [-0.1, -0.05) is 140 Å². The molecule has 0 atom stereocenters. The molecule has 0 aliphatic heterocycles. The Balaban J connectivity index is 1.11. The van der Waals surface area contributed by atoms with Crippen LogP contribution in [-0.2, 0) is 0 Å². The van der Waals surface area contributed by atoms with Crippen molar-refractivity contribution in [2.24, 2.45) is 0 Å². The summed E-state index contributed by atoms with van der Waals surface area (Å²) >= 11 is 0. The number of para-hydroxylation sites is 3. The third-order valence-electron chi connectivity index (χ3n) is 10.7. The van der Waals surface area contributed by atoms with Gasteiger partial charge in [0.25, 0.3) is 0 Å². The van der Waals surface area contributed by atoms with Crippen molar-refractivity contribution >= 4 is 54.5 Å². The minimum atomic E-state index is 0.728. The van der Waals surface area contributed by atoms with Gasteiger partial charge in [0.15, 0.2) is 5.82 Å². The lowest BCUT2D eigenvalue weighted by molar-refractivity contribution is 1.17. The summed E-state index contributed by atoms with van der Waals surface area (Å²) in [4.78, 5) is 10.1. The average molecular weight is 689 g/mol. The molecule has 252 valence electrons. The van der Waals surface area contributed by atoms with E-state index in [2.05, 4.69) is 179 Å². The van der Waals surface area contributed by atoms with Crippen LogP contribution in [-0.4, -0.2) is 19.1 Å². The summed E-state index contributed by atoms with van der Waals surface area (Å²) in [7, 11) is 0. The van der Waals surface area contributed by atoms with Gasteiger partial charge in [0.1, 0.15) is 0 Å². The second-order valence-corrected chi connectivity index (χ2v) is 13.8. The van der Waals surface area contributed by atoms with Crippen LogP contribution in [0.5, 0.6) is 0 Å². The molecule has 0 amide bonds. The Morgan fingerprint density at radius 3 is 1.52 bits per heavy atom. The van der Waals surface area contributed by atoms with Crippen molar-refractivity contribution in [3.63, 3.8) is 0 Å². The van der Waals surface area contributed by atoms with Gasteiger partial charge in [0, 0.05) is 49.4 Å². The number of aromatic nitrogens is 4. The molecule has 0 N–H and O–H groups in total. The second kappa shape index (κ2) is 12.1. The number of benzene rings is 8. The minimum absolute atomic E-state index is 0.728. The molecule has 4 heteroatoms. The fraction of sp³-hybridized carbons (Fsp3) is 0. The van der Waals surface area contributed by atoms with Crippen LogP contribution in [0.2, 0.25) is 0 Å². The quantitative estimate of drug-likeness (QED) is 0.180. The van der Waals surface area contributed by atoms with E-state index in [1.54, 1.807) is 0 Å². The Morgan fingerprint density at radius 2 is 0.852 bits per heavy atom. The molecule has 3 aromatic heterocycles. The van der Waals surface area contributed by atoms with Crippen molar-refractivity contribution in [2.75, 3.05) is 0 Å². The van der Waals surface area contributed by atoms with Crippen LogP contribution < -0.4 is 0 Å². The van der Waals surface area contributed by atoms with Gasteiger partial charge in [-0.3, -0.25) is 0 Å². The van der Waals surface area contributed by atoms with Gasteiger partial charge in [-0.25, -0.2) is 9.97 Å². The van der Waals surface area contributed by atoms with E-state index < -0.39 is 0 Å². The highest BCUT2D eigenvalue weighted by Gasteiger charge is 2.21. The topological polar surface area (TPSA) is 35.6 Å². The fourth-order valence-electron chi connectivity index (χ4n) is 8.31. The summed E-state index contributed by atoms with van der Waals surface area (Å²) in [5, 5.41) is 6.04. The van der Waals surface area contributed by atoms with E-state index in [0.29, 0.717) is 0 Å². The SMILES string of the molecule is c1ccc(-c2cccc(-n3c4ccccc4c4c5c6ccccc6n(-c6ccc(-c7nc(-c8ccccc8)nc8ccccc78)cc6)c5ccc43)c2)cc1. The third-order valence-corrected chi connectivity index (χ3v) is 10.7. The maximum Gasteiger partial charge on any atom is 0.160 e. The van der Waals surface area contributed by atoms with Crippen LogP contribution in [0.25, 0.3) is 99.7 Å². The lowest BCUT2D eigenvalue weighted by Gasteiger charge is -2.12. The third kappa shape index (κ3) is 4.70. The van der Waals surface area contributed by atoms with Crippen LogP contribution in [0.3, 0.4) is 0 Å². The van der Waals surface area contributed by atoms with E-state index in [0.717, 1.165) is 44.9 Å². The second-order valence-electron chi connectivity index (χ2n) is 13.8. The van der Waals surface area contributed by atoms with Gasteiger partial charge in [-0.2, -0.15) is 0 Å². The van der Waals surface area contributed by atoms with Gasteiger partial charge in [-0.05, 0) is 65.7 Å². The van der Waals surface area contributed by atoms with E-state index in [9.17, 15) is 0 Å². The Labute approximate surface area is 311 Å². The molecule has 3 heterocycles. The molecule has 11 rings (SSSR count). The van der Waals surface area contributed by atoms with Crippen molar-refractivity contribution in [3.8, 4) is 45.1 Å². The zero-order valence-corrected chi connectivity index (χ0v) is 29.3. The molecule has 0 aliphatic carbocycles. The number of nitrogens with zero attached hydrogens (tertiary/aromatic N) is 4. The van der Waals surface area contributed by atoms with Crippen molar-refractivity contribution in [1.29, 1.82) is 0 Å². The molecule has 0 saturated heterocycles. The normalized spacial score (nSPS) is 11.7. The number of hydrogen-bond donors (Lipinski definition) is 0. The van der Waals surface area contributed by atoms with Gasteiger partial charge >= 0.3 is 0 Å². The van der Waals surface area contributed by atoms with Gasteiger partial charge in [-0.15, -0.1) is 0 Å². The number of rotatable bonds is 5. The molecule has 0 radical (unpaired) electrons. The van der Waals surface area contributed by atoms with Crippen LogP contribution in [0.15, 0.2) is 194 Å². The highest BCUT2D eigenvalue weighted by atomic mass is 15.0. The van der Waals surface area contributed by atoms with E-state index in [4.69, 9.17) is 9.97 Å². The highest BCUT2D eigenvalue weighted by Crippen LogP contribution is 2.43. The standard InChI is InChI=1S/C50H32N4/c1-3-14-33(15-4-1)36-18-13-19-38(32-36)54-44-25-12-9-22-41(44)48-46(54)31-30-45-47(48)40-21-8-11-24-43(40)53(45)37-28-26-34(27-29-37)49-39-20-7-10-23-42(39)51-50(52-49)35-16-5-2-6-17-35/h1-32H. The first-order chi connectivity index (χ1) is 26.8. The van der Waals surface area contributed by atoms with Gasteiger partial charge < -0.3 is 9.13 Å². The Kier molecular flexibility index (Phi) is 6.82. The summed E-state index contributed by atoms with van der Waals surface area (Å²) in [6.45, 7) is 0. The van der Waals surface area contributed by atoms with E-state index in [1.165, 1.54) is 54.7 Å². The van der Waals surface area contributed by atoms with Crippen molar-refractivity contribution in [1.82, 2.24) is 19.1 Å². The maximum absolute atomic E-state index is 5.13. The van der Waals surface area contributed by atoms with E-state index in [-0.39, 0.29) is 0 Å². The monoisotopic (exact) mass is 688 g/mol. The lowest BCUT2D eigenvalue weighted by atomic mass is 10.0.